The summed E-state index contributed by atoms with van der Waals surface area (Å²) in [6, 6.07) is 20.1. The average molecular weight is 541 g/mol. The molecular formula is C28H27BrF2N2O2. The zero-order valence-corrected chi connectivity index (χ0v) is 21.4. The molecule has 0 saturated carbocycles. The zero-order chi connectivity index (χ0) is 25.2. The lowest BCUT2D eigenvalue weighted by atomic mass is 9.71. The highest BCUT2D eigenvalue weighted by Crippen LogP contribution is 2.48. The molecule has 0 aliphatic heterocycles. The number of hydrogen-bond donors (Lipinski definition) is 1. The average Bonchev–Trinajstić information content (AvgIpc) is 2.84. The van der Waals surface area contributed by atoms with E-state index >= 15 is 4.39 Å². The van der Waals surface area contributed by atoms with Gasteiger partial charge in [0.05, 0.1) is 12.6 Å². The van der Waals surface area contributed by atoms with Crippen LogP contribution in [0, 0.1) is 11.6 Å². The molecule has 2 atom stereocenters. The van der Waals surface area contributed by atoms with Crippen molar-refractivity contribution in [2.24, 2.45) is 0 Å². The molecule has 3 aromatic carbocycles. The molecule has 0 fully saturated rings. The summed E-state index contributed by atoms with van der Waals surface area (Å²) in [7, 11) is 5.26. The Morgan fingerprint density at radius 1 is 1.03 bits per heavy atom. The van der Waals surface area contributed by atoms with Crippen LogP contribution in [0.3, 0.4) is 0 Å². The van der Waals surface area contributed by atoms with E-state index in [4.69, 9.17) is 9.72 Å². The minimum Gasteiger partial charge on any atom is -0.481 e. The van der Waals surface area contributed by atoms with Gasteiger partial charge in [0.15, 0.2) is 0 Å². The van der Waals surface area contributed by atoms with Gasteiger partial charge >= 0.3 is 0 Å². The second-order valence-electron chi connectivity index (χ2n) is 8.87. The number of benzene rings is 3. The van der Waals surface area contributed by atoms with E-state index in [1.54, 1.807) is 0 Å². The van der Waals surface area contributed by atoms with Crippen LogP contribution < -0.4 is 4.74 Å². The molecule has 0 aliphatic rings. The standard InChI is InChI=1S/C28H27BrF2N2O2/c1-33(2)14-13-28(34,23-17-21(30)10-11-24(23)31)26(18-7-5-4-6-8-18)22-16-19-15-20(29)9-12-25(19)32-27(22)35-3/h4-12,15-17,26,34H,13-14H2,1-3H3. The molecule has 1 N–H and O–H groups in total. The highest BCUT2D eigenvalue weighted by atomic mass is 79.9. The van der Waals surface area contributed by atoms with Gasteiger partial charge in [-0.25, -0.2) is 13.8 Å². The number of pyridine rings is 1. The smallest absolute Gasteiger partial charge is 0.217 e. The Labute approximate surface area is 212 Å². The highest BCUT2D eigenvalue weighted by Gasteiger charge is 2.44. The van der Waals surface area contributed by atoms with Crippen LogP contribution in [-0.4, -0.2) is 42.7 Å². The van der Waals surface area contributed by atoms with Crippen molar-refractivity contribution in [1.29, 1.82) is 0 Å². The number of nitrogens with zero attached hydrogens (tertiary/aromatic N) is 2. The van der Waals surface area contributed by atoms with Crippen LogP contribution >= 0.6 is 15.9 Å². The molecule has 0 saturated heterocycles. The molecule has 1 aromatic heterocycles. The minimum absolute atomic E-state index is 0.107. The number of ether oxygens (including phenoxy) is 1. The Balaban J connectivity index is 2.05. The molecule has 182 valence electrons. The van der Waals surface area contributed by atoms with Crippen LogP contribution in [0.25, 0.3) is 10.9 Å². The fourth-order valence-electron chi connectivity index (χ4n) is 4.53. The molecule has 1 heterocycles. The van der Waals surface area contributed by atoms with E-state index in [9.17, 15) is 9.50 Å². The van der Waals surface area contributed by atoms with Crippen molar-refractivity contribution in [1.82, 2.24) is 9.88 Å². The first-order chi connectivity index (χ1) is 16.7. The largest absolute Gasteiger partial charge is 0.481 e. The first-order valence-corrected chi connectivity index (χ1v) is 12.0. The van der Waals surface area contributed by atoms with Gasteiger partial charge < -0.3 is 14.7 Å². The van der Waals surface area contributed by atoms with Crippen LogP contribution in [0.15, 0.2) is 77.3 Å². The Kier molecular flexibility index (Phi) is 7.50. The van der Waals surface area contributed by atoms with E-state index in [0.717, 1.165) is 39.1 Å². The summed E-state index contributed by atoms with van der Waals surface area (Å²) in [6.45, 7) is 0.435. The predicted octanol–water partition coefficient (Wildman–Crippen LogP) is 6.26. The van der Waals surface area contributed by atoms with E-state index in [1.165, 1.54) is 7.11 Å². The molecule has 35 heavy (non-hydrogen) atoms. The van der Waals surface area contributed by atoms with Gasteiger partial charge in [0, 0.05) is 33.4 Å². The summed E-state index contributed by atoms with van der Waals surface area (Å²) < 4.78 is 36.2. The molecule has 7 heteroatoms. The predicted molar refractivity (Wildman–Crippen MR) is 138 cm³/mol. The maximum Gasteiger partial charge on any atom is 0.217 e. The second-order valence-corrected chi connectivity index (χ2v) is 9.78. The number of aliphatic hydroxyl groups is 1. The molecule has 0 radical (unpaired) electrons. The number of fused-ring (bicyclic) bond motifs is 1. The van der Waals surface area contributed by atoms with Gasteiger partial charge in [-0.15, -0.1) is 0 Å². The van der Waals surface area contributed by atoms with E-state index < -0.39 is 23.2 Å². The van der Waals surface area contributed by atoms with Gasteiger partial charge in [0.25, 0.3) is 0 Å². The van der Waals surface area contributed by atoms with Crippen molar-refractivity contribution < 1.29 is 18.6 Å². The Morgan fingerprint density at radius 2 is 1.77 bits per heavy atom. The van der Waals surface area contributed by atoms with Gasteiger partial charge in [-0.1, -0.05) is 46.3 Å². The maximum absolute atomic E-state index is 15.3. The van der Waals surface area contributed by atoms with Gasteiger partial charge in [-0.3, -0.25) is 0 Å². The van der Waals surface area contributed by atoms with Crippen LogP contribution in [0.1, 0.15) is 29.0 Å². The molecule has 4 aromatic rings. The summed E-state index contributed by atoms with van der Waals surface area (Å²) in [4.78, 5) is 6.59. The summed E-state index contributed by atoms with van der Waals surface area (Å²) >= 11 is 3.50. The summed E-state index contributed by atoms with van der Waals surface area (Å²) in [5.41, 5.74) is 0.104. The summed E-state index contributed by atoms with van der Waals surface area (Å²) in [6.07, 6.45) is 0.139. The third kappa shape index (κ3) is 5.22. The molecule has 4 nitrogen and oxygen atoms in total. The van der Waals surface area contributed by atoms with E-state index in [1.807, 2.05) is 73.6 Å². The third-order valence-corrected chi connectivity index (χ3v) is 6.71. The van der Waals surface area contributed by atoms with Crippen LogP contribution in [0.5, 0.6) is 5.88 Å². The quantitative estimate of drug-likeness (QED) is 0.286. The minimum atomic E-state index is -1.81. The van der Waals surface area contributed by atoms with E-state index in [0.29, 0.717) is 18.0 Å². The van der Waals surface area contributed by atoms with Gasteiger partial charge in [0.1, 0.15) is 17.2 Å². The van der Waals surface area contributed by atoms with Crippen molar-refractivity contribution >= 4 is 26.8 Å². The van der Waals surface area contributed by atoms with Gasteiger partial charge in [-0.05, 0) is 68.5 Å². The molecule has 0 amide bonds. The highest BCUT2D eigenvalue weighted by molar-refractivity contribution is 9.10. The Hall–Kier alpha value is -2.87. The van der Waals surface area contributed by atoms with Crippen molar-refractivity contribution in [2.45, 2.75) is 17.9 Å². The SMILES string of the molecule is COc1nc2ccc(Br)cc2cc1C(c1ccccc1)C(O)(CCN(C)C)c1cc(F)ccc1F. The fourth-order valence-corrected chi connectivity index (χ4v) is 4.91. The lowest BCUT2D eigenvalue weighted by Crippen LogP contribution is -2.38. The fraction of sp³-hybridized carbons (Fsp3) is 0.250. The normalized spacial score (nSPS) is 14.2. The molecule has 0 spiro atoms. The number of halogens is 3. The molecule has 0 bridgehead atoms. The van der Waals surface area contributed by atoms with Crippen molar-refractivity contribution in [3.8, 4) is 5.88 Å². The molecule has 0 aliphatic carbocycles. The van der Waals surface area contributed by atoms with Gasteiger partial charge in [-0.2, -0.15) is 0 Å². The first-order valence-electron chi connectivity index (χ1n) is 11.2. The summed E-state index contributed by atoms with van der Waals surface area (Å²) in [5, 5.41) is 13.2. The number of rotatable bonds is 8. The summed E-state index contributed by atoms with van der Waals surface area (Å²) in [5.74, 6) is -1.78. The van der Waals surface area contributed by atoms with Crippen molar-refractivity contribution in [2.75, 3.05) is 27.7 Å². The molecular weight excluding hydrogens is 514 g/mol. The number of methoxy groups -OCH3 is 1. The zero-order valence-electron chi connectivity index (χ0n) is 19.8. The van der Waals surface area contributed by atoms with Crippen LogP contribution in [0.2, 0.25) is 0 Å². The van der Waals surface area contributed by atoms with Gasteiger partial charge in [0.2, 0.25) is 5.88 Å². The Bertz CT molecular complexity index is 1330. The number of aromatic nitrogens is 1. The van der Waals surface area contributed by atoms with Crippen molar-refractivity contribution in [3.63, 3.8) is 0 Å². The Morgan fingerprint density at radius 3 is 2.46 bits per heavy atom. The topological polar surface area (TPSA) is 45.6 Å². The molecule has 2 unspecified atom stereocenters. The van der Waals surface area contributed by atoms with Crippen LogP contribution in [-0.2, 0) is 5.60 Å². The van der Waals surface area contributed by atoms with Crippen molar-refractivity contribution in [3.05, 3.63) is 106 Å². The first kappa shape index (κ1) is 25.2. The third-order valence-electron chi connectivity index (χ3n) is 6.22. The lowest BCUT2D eigenvalue weighted by molar-refractivity contribution is 0.000351. The van der Waals surface area contributed by atoms with Crippen LogP contribution in [0.4, 0.5) is 8.78 Å². The molecule has 4 rings (SSSR count). The lowest BCUT2D eigenvalue weighted by Gasteiger charge is -2.39. The maximum atomic E-state index is 15.3. The second kappa shape index (κ2) is 10.4. The monoisotopic (exact) mass is 540 g/mol. The van der Waals surface area contributed by atoms with E-state index in [2.05, 4.69) is 15.9 Å². The van der Waals surface area contributed by atoms with E-state index in [-0.39, 0.29) is 12.0 Å². The number of hydrogen-bond acceptors (Lipinski definition) is 4.